The average Bonchev–Trinajstić information content (AvgIpc) is 3.05. The average molecular weight is 392 g/mol. The van der Waals surface area contributed by atoms with Crippen LogP contribution in [0.25, 0.3) is 11.3 Å². The number of aromatic amines is 2. The Kier molecular flexibility index (Phi) is 5.21. The van der Waals surface area contributed by atoms with E-state index in [-0.39, 0.29) is 11.4 Å². The number of halogens is 3. The number of nitrogens with zero attached hydrogens (tertiary/aromatic N) is 2. The number of aromatic nitrogens is 2. The molecule has 0 aliphatic carbocycles. The maximum absolute atomic E-state index is 12.6. The summed E-state index contributed by atoms with van der Waals surface area (Å²) < 4.78 is 48.3. The number of methoxy groups -OCH3 is 2. The number of nitrogens with one attached hydrogen (secondary N) is 2. The third kappa shape index (κ3) is 3.90. The number of ether oxygens (including phenoxy) is 2. The van der Waals surface area contributed by atoms with Gasteiger partial charge >= 0.3 is 6.18 Å². The fraction of sp³-hybridized carbons (Fsp3) is 0.167. The number of alkyl halides is 3. The van der Waals surface area contributed by atoms with E-state index in [0.717, 1.165) is 12.1 Å². The maximum Gasteiger partial charge on any atom is 0.416 e. The zero-order chi connectivity index (χ0) is 20.3. The largest absolute Gasteiger partial charge is 0.493 e. The molecule has 10 heteroatoms. The number of azo groups is 1. The summed E-state index contributed by atoms with van der Waals surface area (Å²) in [6.07, 6.45) is -4.44. The zero-order valence-corrected chi connectivity index (χ0v) is 14.8. The van der Waals surface area contributed by atoms with Gasteiger partial charge in [-0.3, -0.25) is 15.0 Å². The second kappa shape index (κ2) is 7.59. The predicted molar refractivity (Wildman–Crippen MR) is 95.6 cm³/mol. The van der Waals surface area contributed by atoms with Crippen LogP contribution >= 0.6 is 0 Å². The number of H-pyrrole nitrogens is 2. The van der Waals surface area contributed by atoms with Crippen LogP contribution in [0, 0.1) is 0 Å². The van der Waals surface area contributed by atoms with Gasteiger partial charge in [0.05, 0.1) is 31.2 Å². The highest BCUT2D eigenvalue weighted by atomic mass is 19.4. The lowest BCUT2D eigenvalue weighted by molar-refractivity contribution is -0.137. The van der Waals surface area contributed by atoms with Crippen LogP contribution in [0.3, 0.4) is 0 Å². The number of rotatable bonds is 5. The van der Waals surface area contributed by atoms with Crippen molar-refractivity contribution in [1.82, 2.24) is 10.2 Å². The van der Waals surface area contributed by atoms with Crippen molar-refractivity contribution in [3.8, 4) is 22.8 Å². The van der Waals surface area contributed by atoms with E-state index in [4.69, 9.17) is 9.47 Å². The predicted octanol–water partition coefficient (Wildman–Crippen LogP) is 4.82. The van der Waals surface area contributed by atoms with Gasteiger partial charge < -0.3 is 9.47 Å². The van der Waals surface area contributed by atoms with Gasteiger partial charge in [-0.15, -0.1) is 5.11 Å². The molecule has 0 unspecified atom stereocenters. The summed E-state index contributed by atoms with van der Waals surface area (Å²) in [6.45, 7) is 0. The summed E-state index contributed by atoms with van der Waals surface area (Å²) in [5, 5.41) is 12.9. The molecule has 28 heavy (non-hydrogen) atoms. The second-order valence-corrected chi connectivity index (χ2v) is 5.62. The molecule has 0 amide bonds. The van der Waals surface area contributed by atoms with Crippen LogP contribution in [0.4, 0.5) is 24.5 Å². The minimum atomic E-state index is -4.44. The number of hydrogen-bond acceptors (Lipinski definition) is 5. The summed E-state index contributed by atoms with van der Waals surface area (Å²) in [5.41, 5.74) is -0.240. The third-order valence-corrected chi connectivity index (χ3v) is 3.89. The summed E-state index contributed by atoms with van der Waals surface area (Å²) in [4.78, 5) is 12.1. The van der Waals surface area contributed by atoms with Gasteiger partial charge in [-0.25, -0.2) is 0 Å². The van der Waals surface area contributed by atoms with Gasteiger partial charge in [-0.1, -0.05) is 0 Å². The molecule has 0 atom stereocenters. The van der Waals surface area contributed by atoms with Crippen molar-refractivity contribution in [2.75, 3.05) is 14.2 Å². The van der Waals surface area contributed by atoms with Crippen LogP contribution < -0.4 is 15.0 Å². The van der Waals surface area contributed by atoms with E-state index < -0.39 is 17.3 Å². The first-order valence-corrected chi connectivity index (χ1v) is 7.95. The van der Waals surface area contributed by atoms with E-state index in [9.17, 15) is 18.0 Å². The quantitative estimate of drug-likeness (QED) is 0.610. The van der Waals surface area contributed by atoms with Gasteiger partial charge in [0.2, 0.25) is 0 Å². The Labute approximate surface area is 156 Å². The lowest BCUT2D eigenvalue weighted by atomic mass is 10.1. The molecule has 0 saturated carbocycles. The van der Waals surface area contributed by atoms with Crippen molar-refractivity contribution >= 4 is 11.4 Å². The summed E-state index contributed by atoms with van der Waals surface area (Å²) in [6, 6.07) is 9.13. The Hall–Kier alpha value is -3.56. The highest BCUT2D eigenvalue weighted by Crippen LogP contribution is 2.35. The van der Waals surface area contributed by atoms with E-state index in [1.54, 1.807) is 18.2 Å². The molecule has 0 bridgehead atoms. The first kappa shape index (κ1) is 19.2. The molecule has 0 saturated heterocycles. The van der Waals surface area contributed by atoms with E-state index in [2.05, 4.69) is 20.4 Å². The van der Waals surface area contributed by atoms with Crippen molar-refractivity contribution in [2.24, 2.45) is 10.2 Å². The zero-order valence-electron chi connectivity index (χ0n) is 14.8. The van der Waals surface area contributed by atoms with Gasteiger partial charge in [0.1, 0.15) is 0 Å². The lowest BCUT2D eigenvalue weighted by Gasteiger charge is -2.08. The SMILES string of the molecule is COc1ccc(-c2[nH][nH]c(=O)c2N=Nc2ccc(C(F)(F)F)cc2)cc1OC. The molecule has 7 nitrogen and oxygen atoms in total. The number of hydrogen-bond donors (Lipinski definition) is 2. The van der Waals surface area contributed by atoms with E-state index >= 15 is 0 Å². The first-order valence-electron chi connectivity index (χ1n) is 7.95. The van der Waals surface area contributed by atoms with Crippen molar-refractivity contribution < 1.29 is 22.6 Å². The molecule has 0 aliphatic rings. The molecular formula is C18H15F3N4O3. The lowest BCUT2D eigenvalue weighted by Crippen LogP contribution is -2.03. The van der Waals surface area contributed by atoms with Gasteiger partial charge in [0.15, 0.2) is 17.2 Å². The summed E-state index contributed by atoms with van der Waals surface area (Å²) >= 11 is 0. The van der Waals surface area contributed by atoms with E-state index in [0.29, 0.717) is 22.8 Å². The Morgan fingerprint density at radius 3 is 2.18 bits per heavy atom. The number of benzene rings is 2. The van der Waals surface area contributed by atoms with Crippen molar-refractivity contribution in [2.45, 2.75) is 6.18 Å². The van der Waals surface area contributed by atoms with E-state index in [1.165, 1.54) is 26.4 Å². The molecule has 0 fully saturated rings. The van der Waals surface area contributed by atoms with Gasteiger partial charge in [0, 0.05) is 5.56 Å². The Morgan fingerprint density at radius 2 is 1.57 bits per heavy atom. The monoisotopic (exact) mass is 392 g/mol. The van der Waals surface area contributed by atoms with Crippen LogP contribution in [-0.4, -0.2) is 24.4 Å². The van der Waals surface area contributed by atoms with Crippen LogP contribution in [-0.2, 0) is 6.18 Å². The Bertz CT molecular complexity index is 1050. The van der Waals surface area contributed by atoms with Gasteiger partial charge in [0.25, 0.3) is 5.56 Å². The van der Waals surface area contributed by atoms with Crippen LogP contribution in [0.1, 0.15) is 5.56 Å². The first-order chi connectivity index (χ1) is 13.3. The molecular weight excluding hydrogens is 377 g/mol. The topological polar surface area (TPSA) is 91.8 Å². The summed E-state index contributed by atoms with van der Waals surface area (Å²) in [5.74, 6) is 0.963. The summed E-state index contributed by atoms with van der Waals surface area (Å²) in [7, 11) is 2.98. The minimum absolute atomic E-state index is 0.0212. The second-order valence-electron chi connectivity index (χ2n) is 5.62. The van der Waals surface area contributed by atoms with Crippen molar-refractivity contribution in [1.29, 1.82) is 0 Å². The van der Waals surface area contributed by atoms with Crippen molar-refractivity contribution in [3.05, 3.63) is 58.4 Å². The molecule has 0 radical (unpaired) electrons. The molecule has 0 spiro atoms. The van der Waals surface area contributed by atoms with Crippen LogP contribution in [0.5, 0.6) is 11.5 Å². The molecule has 0 aliphatic heterocycles. The normalized spacial score (nSPS) is 11.8. The minimum Gasteiger partial charge on any atom is -0.493 e. The molecule has 146 valence electrons. The molecule has 3 rings (SSSR count). The Balaban J connectivity index is 1.94. The molecule has 1 aromatic heterocycles. The van der Waals surface area contributed by atoms with Gasteiger partial charge in [-0.05, 0) is 42.5 Å². The van der Waals surface area contributed by atoms with Crippen LogP contribution in [0.15, 0.2) is 57.5 Å². The highest BCUT2D eigenvalue weighted by molar-refractivity contribution is 5.73. The molecule has 2 aromatic carbocycles. The fourth-order valence-electron chi connectivity index (χ4n) is 2.47. The molecule has 1 heterocycles. The molecule has 2 N–H and O–H groups in total. The van der Waals surface area contributed by atoms with Crippen LogP contribution in [0.2, 0.25) is 0 Å². The van der Waals surface area contributed by atoms with Gasteiger partial charge in [-0.2, -0.15) is 18.3 Å². The standard InChI is InChI=1S/C18H15F3N4O3/c1-27-13-8-3-10(9-14(13)28-2)15-16(17(26)25-23-15)24-22-12-6-4-11(5-7-12)18(19,20)21/h3-9H,1-2H3,(H2,23,25,26). The maximum atomic E-state index is 12.6. The Morgan fingerprint density at radius 1 is 0.893 bits per heavy atom. The van der Waals surface area contributed by atoms with E-state index in [1.807, 2.05) is 0 Å². The van der Waals surface area contributed by atoms with Crippen molar-refractivity contribution in [3.63, 3.8) is 0 Å². The molecule has 3 aromatic rings. The third-order valence-electron chi connectivity index (χ3n) is 3.89. The fourth-order valence-corrected chi connectivity index (χ4v) is 2.47. The highest BCUT2D eigenvalue weighted by Gasteiger charge is 2.29. The smallest absolute Gasteiger partial charge is 0.416 e.